The highest BCUT2D eigenvalue weighted by atomic mass is 35.7. The Hall–Kier alpha value is -2.35. The minimum Gasteiger partial charge on any atom is -0.294 e. The highest BCUT2D eigenvalue weighted by Crippen LogP contribution is 2.20. The van der Waals surface area contributed by atoms with Crippen LogP contribution >= 0.6 is 0 Å². The zero-order chi connectivity index (χ0) is 18.6. The van der Waals surface area contributed by atoms with Gasteiger partial charge in [-0.3, -0.25) is 4.79 Å². The highest BCUT2D eigenvalue weighted by molar-refractivity contribution is 5.99. The van der Waals surface area contributed by atoms with Crippen LogP contribution in [0.5, 0.6) is 0 Å². The average molecular weight is 362 g/mol. The van der Waals surface area contributed by atoms with Crippen molar-refractivity contribution < 1.29 is 38.2 Å². The van der Waals surface area contributed by atoms with Crippen LogP contribution in [0.3, 0.4) is 0 Å². The monoisotopic (exact) mass is 361 g/mol. The van der Waals surface area contributed by atoms with Crippen LogP contribution in [0.4, 0.5) is 0 Å². The summed E-state index contributed by atoms with van der Waals surface area (Å²) in [5.74, 6) is 0.0953. The third-order valence-corrected chi connectivity index (χ3v) is 3.64. The first kappa shape index (κ1) is 19.0. The van der Waals surface area contributed by atoms with Crippen molar-refractivity contribution in [3.8, 4) is 5.69 Å². The van der Waals surface area contributed by atoms with Crippen LogP contribution < -0.4 is 23.2 Å². The minimum absolute atomic E-state index is 0.0953. The number of aryl methyl sites for hydroxylation is 1. The molecule has 1 heterocycles. The van der Waals surface area contributed by atoms with Crippen LogP contribution in [0, 0.1) is 17.2 Å². The molecule has 130 valence electrons. The van der Waals surface area contributed by atoms with Gasteiger partial charge in [-0.15, -0.1) is 10.2 Å². The molecular weight excluding hydrogens is 346 g/mol. The summed E-state index contributed by atoms with van der Waals surface area (Å²) in [6, 6.07) is 18.3. The molecule has 0 amide bonds. The SMILES string of the molecule is CC(=O)c1c[n+](-c2ccccc2)c2ccccc2c1C.[O-][Cl+3]([O-])([O-])[O-]. The Morgan fingerprint density at radius 2 is 1.44 bits per heavy atom. The number of halogens is 1. The molecule has 0 radical (unpaired) electrons. The van der Waals surface area contributed by atoms with Gasteiger partial charge in [-0.05, 0) is 25.5 Å². The molecule has 0 saturated heterocycles. The molecule has 0 N–H and O–H groups in total. The van der Waals surface area contributed by atoms with Crippen molar-refractivity contribution in [1.82, 2.24) is 0 Å². The molecule has 25 heavy (non-hydrogen) atoms. The molecule has 7 heteroatoms. The molecule has 0 fully saturated rings. The first-order valence-corrected chi connectivity index (χ1v) is 8.54. The van der Waals surface area contributed by atoms with Gasteiger partial charge < -0.3 is 0 Å². The summed E-state index contributed by atoms with van der Waals surface area (Å²) in [6.07, 6.45) is 1.94. The number of Topliss-reactive ketones (excluding diaryl/α,β-unsaturated/α-hetero) is 1. The molecule has 3 rings (SSSR count). The van der Waals surface area contributed by atoms with Gasteiger partial charge in [0.2, 0.25) is 11.2 Å². The van der Waals surface area contributed by atoms with Gasteiger partial charge in [-0.25, -0.2) is 18.6 Å². The standard InChI is InChI=1S/C18H16NO.ClHO4/c1-13-16-10-6-7-11-18(16)19(12-17(13)14(2)20)15-8-4-3-5-9-15;2-1(3,4)5/h3-12H,1-2H3;(H,2,3,4,5)/q+1;/p-1. The molecule has 0 aliphatic rings. The smallest absolute Gasteiger partial charge is 0.218 e. The lowest BCUT2D eigenvalue weighted by Gasteiger charge is -2.17. The van der Waals surface area contributed by atoms with Gasteiger partial charge >= 0.3 is 0 Å². The molecule has 0 bridgehead atoms. The van der Waals surface area contributed by atoms with Crippen LogP contribution in [0.25, 0.3) is 16.6 Å². The van der Waals surface area contributed by atoms with Gasteiger partial charge in [0.25, 0.3) is 0 Å². The Labute approximate surface area is 146 Å². The zero-order valence-corrected chi connectivity index (χ0v) is 14.4. The van der Waals surface area contributed by atoms with Gasteiger partial charge in [0.1, 0.15) is 0 Å². The molecule has 0 unspecified atom stereocenters. The summed E-state index contributed by atoms with van der Waals surface area (Å²) in [6.45, 7) is 3.63. The summed E-state index contributed by atoms with van der Waals surface area (Å²) >= 11 is 0. The maximum atomic E-state index is 11.9. The summed E-state index contributed by atoms with van der Waals surface area (Å²) in [4.78, 5) is 11.9. The highest BCUT2D eigenvalue weighted by Gasteiger charge is 2.19. The molecule has 6 nitrogen and oxygen atoms in total. The quantitative estimate of drug-likeness (QED) is 0.423. The predicted molar refractivity (Wildman–Crippen MR) is 80.2 cm³/mol. The molecule has 0 aliphatic heterocycles. The van der Waals surface area contributed by atoms with Crippen molar-refractivity contribution in [2.24, 2.45) is 0 Å². The van der Waals surface area contributed by atoms with E-state index in [9.17, 15) is 4.79 Å². The van der Waals surface area contributed by atoms with Crippen LogP contribution in [-0.4, -0.2) is 5.78 Å². The maximum Gasteiger partial charge on any atom is 0.218 e. The molecule has 0 aliphatic carbocycles. The van der Waals surface area contributed by atoms with Gasteiger partial charge in [-0.1, -0.05) is 30.3 Å². The van der Waals surface area contributed by atoms with E-state index < -0.39 is 10.2 Å². The normalized spacial score (nSPS) is 11.0. The largest absolute Gasteiger partial charge is 0.294 e. The van der Waals surface area contributed by atoms with Crippen LogP contribution in [0.2, 0.25) is 0 Å². The topological polar surface area (TPSA) is 113 Å². The second-order valence-electron chi connectivity index (χ2n) is 5.32. The Kier molecular flexibility index (Phi) is 5.84. The first-order valence-electron chi connectivity index (χ1n) is 7.30. The number of carbonyl (C=O) groups is 1. The number of fused-ring (bicyclic) bond motifs is 1. The summed E-state index contributed by atoms with van der Waals surface area (Å²) in [5.41, 5.74) is 3.99. The predicted octanol–water partition coefficient (Wildman–Crippen LogP) is -1.13. The maximum absolute atomic E-state index is 11.9. The second kappa shape index (κ2) is 7.69. The van der Waals surface area contributed by atoms with Crippen LogP contribution in [0.1, 0.15) is 22.8 Å². The van der Waals surface area contributed by atoms with E-state index in [0.29, 0.717) is 0 Å². The van der Waals surface area contributed by atoms with E-state index in [1.807, 2.05) is 55.6 Å². The number of nitrogens with zero attached hydrogens (tertiary/aromatic N) is 1. The van der Waals surface area contributed by atoms with Crippen molar-refractivity contribution in [2.75, 3.05) is 0 Å². The van der Waals surface area contributed by atoms with Crippen LogP contribution in [0.15, 0.2) is 60.8 Å². The Balaban J connectivity index is 0.000000399. The van der Waals surface area contributed by atoms with Gasteiger partial charge in [0.05, 0.1) is 10.9 Å². The van der Waals surface area contributed by atoms with Crippen molar-refractivity contribution in [1.29, 1.82) is 0 Å². The van der Waals surface area contributed by atoms with Gasteiger partial charge in [-0.2, -0.15) is 4.57 Å². The van der Waals surface area contributed by atoms with E-state index in [0.717, 1.165) is 27.7 Å². The minimum atomic E-state index is -4.94. The summed E-state index contributed by atoms with van der Waals surface area (Å²) in [5, 5.41) is 1.11. The number of rotatable bonds is 2. The summed E-state index contributed by atoms with van der Waals surface area (Å²) < 4.78 is 36.1. The lowest BCUT2D eigenvalue weighted by atomic mass is 10.0. The first-order chi connectivity index (χ1) is 11.7. The van der Waals surface area contributed by atoms with E-state index in [-0.39, 0.29) is 5.78 Å². The molecular formula is C18H16ClNO5. The zero-order valence-electron chi connectivity index (χ0n) is 13.6. The van der Waals surface area contributed by atoms with E-state index in [1.54, 1.807) is 6.92 Å². The van der Waals surface area contributed by atoms with Crippen molar-refractivity contribution >= 4 is 16.7 Å². The number of hydrogen-bond acceptors (Lipinski definition) is 5. The van der Waals surface area contributed by atoms with E-state index in [2.05, 4.69) is 16.7 Å². The molecule has 0 spiro atoms. The van der Waals surface area contributed by atoms with Gasteiger partial charge in [0, 0.05) is 18.2 Å². The fraction of sp³-hybridized carbons (Fsp3) is 0.111. The number of ketones is 1. The Bertz CT molecular complexity index is 885. The molecule has 3 aromatic rings. The fourth-order valence-electron chi connectivity index (χ4n) is 2.60. The number of aromatic nitrogens is 1. The van der Waals surface area contributed by atoms with E-state index in [4.69, 9.17) is 18.6 Å². The second-order valence-corrected chi connectivity index (χ2v) is 6.08. The lowest BCUT2D eigenvalue weighted by molar-refractivity contribution is -2.00. The third-order valence-electron chi connectivity index (χ3n) is 3.64. The number of para-hydroxylation sites is 2. The molecule has 2 aromatic carbocycles. The number of benzene rings is 2. The third kappa shape index (κ3) is 5.06. The number of pyridine rings is 1. The molecule has 0 atom stereocenters. The Morgan fingerprint density at radius 1 is 0.920 bits per heavy atom. The van der Waals surface area contributed by atoms with Crippen LogP contribution in [-0.2, 0) is 0 Å². The van der Waals surface area contributed by atoms with E-state index >= 15 is 0 Å². The number of hydrogen-bond donors (Lipinski definition) is 0. The van der Waals surface area contributed by atoms with Crippen molar-refractivity contribution in [2.45, 2.75) is 13.8 Å². The van der Waals surface area contributed by atoms with Crippen molar-refractivity contribution in [3.63, 3.8) is 0 Å². The Morgan fingerprint density at radius 3 is 2.00 bits per heavy atom. The lowest BCUT2D eigenvalue weighted by Crippen LogP contribution is -2.68. The average Bonchev–Trinajstić information content (AvgIpc) is 2.54. The molecule has 1 aromatic heterocycles. The molecule has 0 saturated carbocycles. The summed E-state index contributed by atoms with van der Waals surface area (Å²) in [7, 11) is -4.94. The number of carbonyl (C=O) groups excluding carboxylic acids is 1. The fourth-order valence-corrected chi connectivity index (χ4v) is 2.60. The van der Waals surface area contributed by atoms with E-state index in [1.165, 1.54) is 0 Å². The van der Waals surface area contributed by atoms with Gasteiger partial charge in [0.15, 0.2) is 12.0 Å². The van der Waals surface area contributed by atoms with Crippen molar-refractivity contribution in [3.05, 3.63) is 71.9 Å².